The highest BCUT2D eigenvalue weighted by molar-refractivity contribution is 6.02. The van der Waals surface area contributed by atoms with Crippen LogP contribution in [0.15, 0.2) is 0 Å². The third-order valence-corrected chi connectivity index (χ3v) is 15.5. The topological polar surface area (TPSA) is 663 Å². The second-order valence-electron chi connectivity index (χ2n) is 29.8. The van der Waals surface area contributed by atoms with Crippen LogP contribution in [0.1, 0.15) is 271 Å². The van der Waals surface area contributed by atoms with Crippen LogP contribution < -0.4 is 43.4 Å². The number of carbonyl (C=O) groups is 25. The Morgan fingerprint density at radius 3 is 1.09 bits per heavy atom. The van der Waals surface area contributed by atoms with Gasteiger partial charge >= 0.3 is 11.9 Å². The van der Waals surface area contributed by atoms with Crippen molar-refractivity contribution in [3.63, 3.8) is 0 Å². The molecule has 1 saturated heterocycles. The van der Waals surface area contributed by atoms with Crippen LogP contribution in [0.2, 0.25) is 0 Å². The van der Waals surface area contributed by atoms with Crippen molar-refractivity contribution in [1.29, 1.82) is 0 Å². The fourth-order valence-corrected chi connectivity index (χ4v) is 8.54. The van der Waals surface area contributed by atoms with E-state index in [1.54, 1.807) is 58.8 Å². The molecule has 0 atom stereocenters. The molecule has 0 unspecified atom stereocenters. The van der Waals surface area contributed by atoms with Gasteiger partial charge in [0.05, 0.1) is 117 Å². The summed E-state index contributed by atoms with van der Waals surface area (Å²) in [5.74, 6) is -6.27. The Morgan fingerprint density at radius 2 is 0.760 bits per heavy atom. The molecule has 2 fully saturated rings. The number of nitrogens with one attached hydrogen (secondary N) is 6. The summed E-state index contributed by atoms with van der Waals surface area (Å²) in [6.07, 6.45) is 12.0. The van der Waals surface area contributed by atoms with Gasteiger partial charge in [-0.05, 0) is 114 Å². The van der Waals surface area contributed by atoms with E-state index in [4.69, 9.17) is 26.8 Å². The summed E-state index contributed by atoms with van der Waals surface area (Å²) in [5, 5.41) is 50.0. The first kappa shape index (κ1) is 136. The lowest BCUT2D eigenvalue weighted by Gasteiger charge is -2.29. The first-order valence-corrected chi connectivity index (χ1v) is 42.4. The number of nitrogens with two attached hydrogens (primary N) is 2. The molecular formula is C86H152N12O31. The number of hydrogen-bond acceptors (Lipinski definition) is 31. The fourth-order valence-electron chi connectivity index (χ4n) is 8.54. The molecule has 1 saturated carbocycles. The van der Waals surface area contributed by atoms with Crippen molar-refractivity contribution in [1.82, 2.24) is 51.5 Å². The molecule has 2 aliphatic rings. The van der Waals surface area contributed by atoms with Gasteiger partial charge < -0.3 is 92.9 Å². The number of nitrogens with zero attached hydrogens (tertiary/aromatic N) is 4. The number of methoxy groups -OCH3 is 1. The highest BCUT2D eigenvalue weighted by Gasteiger charge is 2.30. The number of primary amides is 2. The van der Waals surface area contributed by atoms with Crippen LogP contribution in [0.5, 0.6) is 0 Å². The number of hydrogen-bond donors (Lipinski definition) is 12. The van der Waals surface area contributed by atoms with E-state index in [1.165, 1.54) is 85.1 Å². The fraction of sp³-hybridized carbons (Fsp3) is 0.709. The lowest BCUT2D eigenvalue weighted by Crippen LogP contribution is -2.57. The Hall–Kier alpha value is -11.2. The molecule has 0 spiro atoms. The second-order valence-corrected chi connectivity index (χ2v) is 29.8. The predicted molar refractivity (Wildman–Crippen MR) is 474 cm³/mol. The van der Waals surface area contributed by atoms with Gasteiger partial charge in [0, 0.05) is 86.2 Å². The van der Waals surface area contributed by atoms with Gasteiger partial charge in [-0.3, -0.25) is 120 Å². The van der Waals surface area contributed by atoms with Crippen LogP contribution in [-0.2, 0) is 129 Å². The standard InChI is InChI=1S/2C10H19NO2.C9H15NO3.C9H17NO2.C8H15NO5.C8H13NO4.C7H11NO4.C7H11NO2.C7H13NO2.C6H10N2O3.C5H9NO2/c1-4-6-11(7-5-2)10(13)8-9(3)12;1-3-4-5-6-7-11-10(13)8-9(2)12;1-7(11)6-9(13)10-4-2-8(12)3-5-10;1-4-5-6-8(11)7-9(12)10(2)3;1-6(13)2-7(14)9-8(3-10,4-11)5-12;1-3-13-8(12)5-9-7(11)4-6(2)10;1-5(9)3-6(10)8-4-7(11)12-2;1-5(9)4-7(10)8-6-2-3-6;1-4-6(9)5-7(10)8(2)3;1-4(9)2-6(11)8-3-5(7)10;1-2-4(7)3-5(6)8/h4-8H2,1-3H3;3-8H2,1-2H3,(H,11,13);8,12H,2-6H2,1H3;4-7H2,1-3H3;10-12H,2-5H2,1H3,(H,9,14);3-5H2,1-2H3,(H,9,11);3-4H2,1-2H3,(H,8,10);6H,2-4H2,1H3,(H,8,10);4-5H2,1-3H3;2-3H2,1H3,(H2,7,10)(H,8,11);2-3H2,1H3,(H2,6,8). The zero-order chi connectivity index (χ0) is 102. The molecule has 43 heteroatoms. The minimum atomic E-state index is -1.45. The van der Waals surface area contributed by atoms with Crippen molar-refractivity contribution in [3.05, 3.63) is 0 Å². The maximum atomic E-state index is 11.4. The molecule has 1 aliphatic heterocycles. The summed E-state index contributed by atoms with van der Waals surface area (Å²) in [7, 11) is 7.83. The number of unbranched alkanes of at least 4 members (excludes halogenated alkanes) is 4. The average Bonchev–Trinajstić information content (AvgIpc) is 1.62. The monoisotopic (exact) mass is 1850 g/mol. The van der Waals surface area contributed by atoms with Crippen LogP contribution in [-0.4, -0.2) is 318 Å². The first-order valence-electron chi connectivity index (χ1n) is 42.4. The zero-order valence-corrected chi connectivity index (χ0v) is 79.8. The van der Waals surface area contributed by atoms with Crippen LogP contribution in [0.3, 0.4) is 0 Å². The van der Waals surface area contributed by atoms with E-state index in [0.29, 0.717) is 57.8 Å². The van der Waals surface area contributed by atoms with Gasteiger partial charge in [-0.15, -0.1) is 0 Å². The Labute approximate surface area is 758 Å². The van der Waals surface area contributed by atoms with Crippen molar-refractivity contribution in [3.8, 4) is 0 Å². The van der Waals surface area contributed by atoms with Gasteiger partial charge in [0.2, 0.25) is 70.9 Å². The third-order valence-electron chi connectivity index (χ3n) is 15.5. The summed E-state index contributed by atoms with van der Waals surface area (Å²) >= 11 is 0. The maximum absolute atomic E-state index is 11.4. The van der Waals surface area contributed by atoms with Gasteiger partial charge in [-0.2, -0.15) is 0 Å². The average molecular weight is 1850 g/mol. The minimum absolute atomic E-state index is 0.00120. The van der Waals surface area contributed by atoms with E-state index < -0.39 is 72.7 Å². The van der Waals surface area contributed by atoms with Crippen LogP contribution >= 0.6 is 0 Å². The van der Waals surface area contributed by atoms with Crippen molar-refractivity contribution < 1.29 is 150 Å². The number of ether oxygens (including phenoxy) is 2. The largest absolute Gasteiger partial charge is 0.468 e. The molecule has 14 N–H and O–H groups in total. The maximum Gasteiger partial charge on any atom is 0.325 e. The molecular weight excluding hydrogens is 1700 g/mol. The quantitative estimate of drug-likeness (QED) is 0.0221. The summed E-state index contributed by atoms with van der Waals surface area (Å²) in [6, 6.07) is 0.367. The molecule has 742 valence electrons. The van der Waals surface area contributed by atoms with Gasteiger partial charge in [0.15, 0.2) is 0 Å². The summed E-state index contributed by atoms with van der Waals surface area (Å²) in [6.45, 7) is 25.5. The molecule has 12 amide bonds. The number of aliphatic hydroxyl groups is 4. The first-order chi connectivity index (χ1) is 60.0. The van der Waals surface area contributed by atoms with E-state index in [1.807, 2.05) is 20.8 Å². The van der Waals surface area contributed by atoms with E-state index in [2.05, 4.69) is 48.3 Å². The molecule has 0 aromatic carbocycles. The minimum Gasteiger partial charge on any atom is -0.468 e. The van der Waals surface area contributed by atoms with Crippen LogP contribution in [0.25, 0.3) is 0 Å². The molecule has 0 aromatic rings. The number of likely N-dealkylation sites (tertiary alicyclic amines) is 1. The number of piperidine rings is 1. The lowest BCUT2D eigenvalue weighted by molar-refractivity contribution is -0.144. The number of ketones is 11. The van der Waals surface area contributed by atoms with E-state index in [0.717, 1.165) is 64.5 Å². The summed E-state index contributed by atoms with van der Waals surface area (Å²) in [4.78, 5) is 273. The highest BCUT2D eigenvalue weighted by Crippen LogP contribution is 2.18. The van der Waals surface area contributed by atoms with Gasteiger partial charge in [-0.1, -0.05) is 67.2 Å². The van der Waals surface area contributed by atoms with E-state index in [-0.39, 0.29) is 202 Å². The number of carbonyl (C=O) groups excluding carboxylic acids is 25. The molecule has 1 heterocycles. The van der Waals surface area contributed by atoms with Crippen LogP contribution in [0.4, 0.5) is 0 Å². The Balaban J connectivity index is -0.000000176. The molecule has 0 bridgehead atoms. The smallest absolute Gasteiger partial charge is 0.325 e. The van der Waals surface area contributed by atoms with Gasteiger partial charge in [-0.25, -0.2) is 0 Å². The molecule has 0 aromatic heterocycles. The second kappa shape index (κ2) is 87.5. The van der Waals surface area contributed by atoms with Gasteiger partial charge in [0.1, 0.15) is 82.2 Å². The van der Waals surface area contributed by atoms with E-state index in [9.17, 15) is 125 Å². The number of esters is 2. The third kappa shape index (κ3) is 105. The normalized spacial score (nSPS) is 11.0. The Bertz CT molecular complexity index is 3440. The Kier molecular flexibility index (Phi) is 92.1. The Morgan fingerprint density at radius 1 is 0.395 bits per heavy atom. The highest BCUT2D eigenvalue weighted by atomic mass is 16.5. The number of amides is 12. The molecule has 129 heavy (non-hydrogen) atoms. The van der Waals surface area contributed by atoms with Crippen molar-refractivity contribution in [2.75, 3.05) is 114 Å². The lowest BCUT2D eigenvalue weighted by atomic mass is 10.0. The zero-order valence-electron chi connectivity index (χ0n) is 79.8. The van der Waals surface area contributed by atoms with Crippen molar-refractivity contribution in [2.24, 2.45) is 11.5 Å². The van der Waals surface area contributed by atoms with Crippen molar-refractivity contribution >= 4 is 146 Å². The van der Waals surface area contributed by atoms with Crippen molar-refractivity contribution in [2.45, 2.75) is 288 Å². The summed E-state index contributed by atoms with van der Waals surface area (Å²) < 4.78 is 8.83. The molecule has 0 radical (unpaired) electrons. The number of aliphatic hydroxyl groups excluding tert-OH is 4. The predicted octanol–water partition coefficient (Wildman–Crippen LogP) is 0.242. The molecule has 1 aliphatic carbocycles. The number of Topliss-reactive ketones (excluding diaryl/α,β-unsaturated/α-hetero) is 11. The van der Waals surface area contributed by atoms with Gasteiger partial charge in [0.25, 0.3) is 0 Å². The van der Waals surface area contributed by atoms with E-state index >= 15 is 0 Å². The summed E-state index contributed by atoms with van der Waals surface area (Å²) in [5.41, 5.74) is 7.99. The molecule has 43 nitrogen and oxygen atoms in total. The van der Waals surface area contributed by atoms with Crippen LogP contribution in [0, 0.1) is 0 Å². The molecule has 2 rings (SSSR count). The number of rotatable bonds is 48. The SMILES string of the molecule is CC(=O)CC(=O)N1CCC(O)CC1.CC(=O)CC(=O)NC(CO)(CO)CO.CC(=O)CC(=O)NC1CC1.CC(=O)CC(=O)NCC(N)=O.CCC(=O)CC(=O)N(C)C.CCC(=O)CC(N)=O.CCCCC(=O)CC(=O)N(C)C.CCCCCCNC(=O)CC(C)=O.CCCN(CCC)C(=O)CC(C)=O.CCOC(=O)CNC(=O)CC(C)=O.COC(=O)CNC(=O)CC(C)=O.